The molecule has 0 bridgehead atoms. The molecule has 0 saturated carbocycles. The Morgan fingerprint density at radius 2 is 0.940 bits per heavy atom. The summed E-state index contributed by atoms with van der Waals surface area (Å²) < 4.78 is 16.3. The number of nitrogens with zero attached hydrogens (tertiary/aromatic N) is 1. The molecule has 0 amide bonds. The maximum Gasteiger partial charge on any atom is 0.140 e. The van der Waals surface area contributed by atoms with Crippen molar-refractivity contribution in [2.24, 2.45) is 0 Å². The number of hydrogen-bond acceptors (Lipinski definition) is 4. The van der Waals surface area contributed by atoms with E-state index >= 15 is 0 Å². The summed E-state index contributed by atoms with van der Waals surface area (Å²) in [5.41, 5.74) is 14.0. The van der Waals surface area contributed by atoms with Gasteiger partial charge in [-0.05, 0) is 105 Å². The van der Waals surface area contributed by atoms with Gasteiger partial charge in [-0.3, -0.25) is 0 Å². The molecule has 67 heavy (non-hydrogen) atoms. The highest BCUT2D eigenvalue weighted by Crippen LogP contribution is 2.64. The van der Waals surface area contributed by atoms with Gasteiger partial charge < -0.3 is 14.1 Å². The number of ether oxygens (including phenoxy) is 1. The molecule has 11 aromatic carbocycles. The summed E-state index contributed by atoms with van der Waals surface area (Å²) in [5, 5.41) is 9.33. The lowest BCUT2D eigenvalue weighted by atomic mass is 9.65. The molecule has 2 aliphatic rings. The zero-order valence-corrected chi connectivity index (χ0v) is 36.9. The topological polar surface area (TPSA) is 25.6 Å². The fourth-order valence-corrected chi connectivity index (χ4v) is 12.7. The first-order valence-corrected chi connectivity index (χ1v) is 23.7. The first-order valence-electron chi connectivity index (χ1n) is 22.9. The third-order valence-electron chi connectivity index (χ3n) is 14.5. The summed E-state index contributed by atoms with van der Waals surface area (Å²) in [5.74, 6) is 1.85. The third kappa shape index (κ3) is 5.16. The van der Waals surface area contributed by atoms with Crippen LogP contribution in [0.1, 0.15) is 22.3 Å². The van der Waals surface area contributed by atoms with Gasteiger partial charge in [-0.2, -0.15) is 0 Å². The van der Waals surface area contributed by atoms with E-state index in [0.717, 1.165) is 83.2 Å². The van der Waals surface area contributed by atoms with Gasteiger partial charge in [0.2, 0.25) is 0 Å². The summed E-state index contributed by atoms with van der Waals surface area (Å²) >= 11 is 1.84. The van der Waals surface area contributed by atoms with Gasteiger partial charge in [-0.1, -0.05) is 158 Å². The van der Waals surface area contributed by atoms with Crippen molar-refractivity contribution in [2.75, 3.05) is 4.90 Å². The van der Waals surface area contributed by atoms with E-state index < -0.39 is 5.41 Å². The fraction of sp³-hybridized carbons (Fsp3) is 0.0159. The highest BCUT2D eigenvalue weighted by atomic mass is 32.1. The van der Waals surface area contributed by atoms with Gasteiger partial charge in [0.25, 0.3) is 0 Å². The molecule has 0 N–H and O–H groups in total. The Hall–Kier alpha value is -8.44. The van der Waals surface area contributed by atoms with Gasteiger partial charge in [0.1, 0.15) is 22.7 Å². The standard InChI is InChI=1S/C63H37NO2S/c1-3-16-45-38(12-1)24-31-55-61(45)66-62-46-17-4-2-13-39(46)25-32-56(62)63(55)53-21-8-5-18-47(53)51-35-41(26-30-54(51)63)40-14-11-15-42(34-40)64(43-28-33-60-52(36-43)50-20-7-10-23-59(50)67-60)44-27-29-49-48-19-6-9-22-57(48)65-58(49)37-44/h1-37H. The average Bonchev–Trinajstić information content (AvgIpc) is 4.04. The summed E-state index contributed by atoms with van der Waals surface area (Å²) in [6.07, 6.45) is 0. The van der Waals surface area contributed by atoms with Crippen LogP contribution in [0, 0.1) is 0 Å². The minimum Gasteiger partial charge on any atom is -0.456 e. The fourth-order valence-electron chi connectivity index (χ4n) is 11.6. The molecule has 0 radical (unpaired) electrons. The Bertz CT molecular complexity index is 4150. The van der Waals surface area contributed by atoms with Crippen molar-refractivity contribution < 1.29 is 9.15 Å². The van der Waals surface area contributed by atoms with Crippen LogP contribution in [0.25, 0.3) is 85.9 Å². The van der Waals surface area contributed by atoms with Crippen molar-refractivity contribution in [1.82, 2.24) is 0 Å². The number of para-hydroxylation sites is 1. The smallest absolute Gasteiger partial charge is 0.140 e. The first-order chi connectivity index (χ1) is 33.2. The third-order valence-corrected chi connectivity index (χ3v) is 15.6. The SMILES string of the molecule is c1cc(-c2ccc3c(c2)-c2ccccc2C32c3ccc4ccccc4c3Oc3c2ccc2ccccc32)cc(N(c2ccc3c(c2)oc2ccccc23)c2ccc3sc4ccccc4c3c2)c1. The van der Waals surface area contributed by atoms with E-state index in [0.29, 0.717) is 0 Å². The van der Waals surface area contributed by atoms with Crippen LogP contribution in [-0.2, 0) is 5.41 Å². The predicted molar refractivity (Wildman–Crippen MR) is 279 cm³/mol. The van der Waals surface area contributed by atoms with E-state index in [2.05, 4.69) is 217 Å². The molecule has 3 nitrogen and oxygen atoms in total. The first kappa shape index (κ1) is 36.9. The molecule has 0 atom stereocenters. The van der Waals surface area contributed by atoms with E-state index in [9.17, 15) is 0 Å². The van der Waals surface area contributed by atoms with Crippen LogP contribution in [0.2, 0.25) is 0 Å². The Morgan fingerprint density at radius 1 is 0.343 bits per heavy atom. The van der Waals surface area contributed by atoms with Gasteiger partial charge in [0, 0.05) is 76.0 Å². The molecular weight excluding hydrogens is 835 g/mol. The van der Waals surface area contributed by atoms with Crippen molar-refractivity contribution in [3.8, 4) is 33.8 Å². The van der Waals surface area contributed by atoms with E-state index in [1.807, 2.05) is 23.5 Å². The van der Waals surface area contributed by atoms with Crippen molar-refractivity contribution in [2.45, 2.75) is 5.41 Å². The second-order valence-corrected chi connectivity index (χ2v) is 19.0. The summed E-state index contributed by atoms with van der Waals surface area (Å²) in [7, 11) is 0. The van der Waals surface area contributed by atoms with Gasteiger partial charge in [0.15, 0.2) is 0 Å². The van der Waals surface area contributed by atoms with Crippen molar-refractivity contribution >= 4 is 92.1 Å². The van der Waals surface area contributed by atoms with Gasteiger partial charge in [0.05, 0.1) is 5.41 Å². The highest BCUT2D eigenvalue weighted by molar-refractivity contribution is 7.25. The minimum absolute atomic E-state index is 0.597. The zero-order chi connectivity index (χ0) is 43.8. The van der Waals surface area contributed by atoms with Crippen molar-refractivity contribution in [3.05, 3.63) is 247 Å². The largest absolute Gasteiger partial charge is 0.456 e. The highest BCUT2D eigenvalue weighted by Gasteiger charge is 2.51. The van der Waals surface area contributed by atoms with E-state index in [1.165, 1.54) is 53.6 Å². The molecule has 1 aliphatic heterocycles. The number of thiophene rings is 1. The minimum atomic E-state index is -0.597. The van der Waals surface area contributed by atoms with Crippen molar-refractivity contribution in [1.29, 1.82) is 0 Å². The Labute approximate surface area is 390 Å². The number of hydrogen-bond donors (Lipinski definition) is 0. The molecular formula is C63H37NO2S. The van der Waals surface area contributed by atoms with Crippen LogP contribution in [0.15, 0.2) is 229 Å². The van der Waals surface area contributed by atoms with Crippen molar-refractivity contribution in [3.63, 3.8) is 0 Å². The zero-order valence-electron chi connectivity index (χ0n) is 36.0. The quantitative estimate of drug-likeness (QED) is 0.176. The van der Waals surface area contributed by atoms with Crippen LogP contribution < -0.4 is 9.64 Å². The van der Waals surface area contributed by atoms with Crippen LogP contribution in [0.3, 0.4) is 0 Å². The molecule has 15 rings (SSSR count). The molecule has 0 unspecified atom stereocenters. The number of furan rings is 1. The lowest BCUT2D eigenvalue weighted by Gasteiger charge is -2.40. The number of rotatable bonds is 4. The number of anilines is 3. The maximum atomic E-state index is 7.19. The molecule has 3 heterocycles. The van der Waals surface area contributed by atoms with E-state index in [1.54, 1.807) is 0 Å². The molecule has 312 valence electrons. The van der Waals surface area contributed by atoms with Crippen LogP contribution in [0.4, 0.5) is 17.1 Å². The van der Waals surface area contributed by atoms with E-state index in [4.69, 9.17) is 9.15 Å². The molecule has 1 aliphatic carbocycles. The van der Waals surface area contributed by atoms with Crippen LogP contribution >= 0.6 is 11.3 Å². The van der Waals surface area contributed by atoms with Gasteiger partial charge in [-0.15, -0.1) is 11.3 Å². The predicted octanol–water partition coefficient (Wildman–Crippen LogP) is 17.9. The number of benzene rings is 11. The summed E-state index contributed by atoms with van der Waals surface area (Å²) in [6.45, 7) is 0. The second kappa shape index (κ2) is 13.8. The Balaban J connectivity index is 0.932. The molecule has 0 saturated heterocycles. The Morgan fingerprint density at radius 3 is 1.76 bits per heavy atom. The lowest BCUT2D eigenvalue weighted by Crippen LogP contribution is -2.32. The second-order valence-electron chi connectivity index (χ2n) is 17.9. The average molecular weight is 872 g/mol. The lowest BCUT2D eigenvalue weighted by molar-refractivity contribution is 0.447. The van der Waals surface area contributed by atoms with Crippen LogP contribution in [-0.4, -0.2) is 0 Å². The molecule has 1 spiro atoms. The van der Waals surface area contributed by atoms with Gasteiger partial charge in [-0.25, -0.2) is 0 Å². The molecule has 0 fully saturated rings. The molecule has 13 aromatic rings. The monoisotopic (exact) mass is 871 g/mol. The number of fused-ring (bicyclic) bond motifs is 19. The normalized spacial score (nSPS) is 13.3. The molecule has 2 aromatic heterocycles. The van der Waals surface area contributed by atoms with E-state index in [-0.39, 0.29) is 0 Å². The summed E-state index contributed by atoms with van der Waals surface area (Å²) in [4.78, 5) is 2.38. The maximum absolute atomic E-state index is 7.19. The Kier molecular flexibility index (Phi) is 7.58. The van der Waals surface area contributed by atoms with Crippen LogP contribution in [0.5, 0.6) is 11.5 Å². The molecule has 4 heteroatoms. The van der Waals surface area contributed by atoms with Gasteiger partial charge >= 0.3 is 0 Å². The summed E-state index contributed by atoms with van der Waals surface area (Å²) in [6, 6.07) is 82.1.